The molecule has 0 heterocycles. The van der Waals surface area contributed by atoms with Gasteiger partial charge in [0.15, 0.2) is 0 Å². The van der Waals surface area contributed by atoms with E-state index < -0.39 is 17.0 Å². The SMILES string of the molecule is N#CC1(C(=O)NCc2ccc(F)cc2F)CCCC1. The van der Waals surface area contributed by atoms with E-state index in [-0.39, 0.29) is 18.0 Å². The highest BCUT2D eigenvalue weighted by Crippen LogP contribution is 2.37. The minimum Gasteiger partial charge on any atom is -0.351 e. The van der Waals surface area contributed by atoms with Gasteiger partial charge in [0, 0.05) is 18.2 Å². The third-order valence-corrected chi connectivity index (χ3v) is 3.56. The van der Waals surface area contributed by atoms with Crippen molar-refractivity contribution in [2.75, 3.05) is 0 Å². The number of halogens is 2. The maximum absolute atomic E-state index is 13.4. The zero-order valence-corrected chi connectivity index (χ0v) is 10.4. The molecule has 1 aliphatic carbocycles. The molecule has 1 aromatic rings. The number of nitrogens with one attached hydrogen (secondary N) is 1. The number of hydrogen-bond donors (Lipinski definition) is 1. The summed E-state index contributed by atoms with van der Waals surface area (Å²) in [5.74, 6) is -1.72. The summed E-state index contributed by atoms with van der Waals surface area (Å²) in [6, 6.07) is 5.28. The molecule has 1 fully saturated rings. The molecule has 1 saturated carbocycles. The number of carbonyl (C=O) groups is 1. The minimum atomic E-state index is -0.976. The predicted molar refractivity (Wildman–Crippen MR) is 64.7 cm³/mol. The van der Waals surface area contributed by atoms with Crippen LogP contribution in [0.15, 0.2) is 18.2 Å². The zero-order chi connectivity index (χ0) is 13.9. The van der Waals surface area contributed by atoms with E-state index in [0.717, 1.165) is 25.0 Å². The molecule has 5 heteroatoms. The molecule has 19 heavy (non-hydrogen) atoms. The lowest BCUT2D eigenvalue weighted by Crippen LogP contribution is -2.38. The Bertz CT molecular complexity index is 531. The number of carbonyl (C=O) groups excluding carboxylic acids is 1. The summed E-state index contributed by atoms with van der Waals surface area (Å²) in [4.78, 5) is 12.0. The lowest BCUT2D eigenvalue weighted by atomic mass is 9.87. The van der Waals surface area contributed by atoms with Gasteiger partial charge in [0.05, 0.1) is 6.07 Å². The topological polar surface area (TPSA) is 52.9 Å². The van der Waals surface area contributed by atoms with Crippen LogP contribution in [-0.4, -0.2) is 5.91 Å². The van der Waals surface area contributed by atoms with Crippen LogP contribution in [0.5, 0.6) is 0 Å². The Morgan fingerprint density at radius 1 is 1.37 bits per heavy atom. The second-order valence-electron chi connectivity index (χ2n) is 4.82. The van der Waals surface area contributed by atoms with Crippen molar-refractivity contribution in [2.24, 2.45) is 5.41 Å². The summed E-state index contributed by atoms with van der Waals surface area (Å²) in [7, 11) is 0. The van der Waals surface area contributed by atoms with E-state index in [2.05, 4.69) is 11.4 Å². The normalized spacial score (nSPS) is 16.9. The summed E-state index contributed by atoms with van der Waals surface area (Å²) < 4.78 is 26.1. The van der Waals surface area contributed by atoms with Crippen molar-refractivity contribution in [1.29, 1.82) is 5.26 Å². The monoisotopic (exact) mass is 264 g/mol. The highest BCUT2D eigenvalue weighted by Gasteiger charge is 2.41. The Labute approximate surface area is 110 Å². The van der Waals surface area contributed by atoms with Gasteiger partial charge in [-0.3, -0.25) is 4.79 Å². The van der Waals surface area contributed by atoms with Gasteiger partial charge in [-0.25, -0.2) is 8.78 Å². The number of nitrogens with zero attached hydrogens (tertiary/aromatic N) is 1. The molecule has 1 aliphatic rings. The predicted octanol–water partition coefficient (Wildman–Crippen LogP) is 2.66. The molecule has 1 amide bonds. The van der Waals surface area contributed by atoms with Gasteiger partial charge >= 0.3 is 0 Å². The lowest BCUT2D eigenvalue weighted by molar-refractivity contribution is -0.128. The quantitative estimate of drug-likeness (QED) is 0.912. The first-order valence-electron chi connectivity index (χ1n) is 6.21. The fraction of sp³-hybridized carbons (Fsp3) is 0.429. The Kier molecular flexibility index (Phi) is 3.79. The van der Waals surface area contributed by atoms with Crippen LogP contribution in [0.2, 0.25) is 0 Å². The van der Waals surface area contributed by atoms with Crippen molar-refractivity contribution in [3.05, 3.63) is 35.4 Å². The average Bonchev–Trinajstić information content (AvgIpc) is 2.87. The molecule has 0 bridgehead atoms. The van der Waals surface area contributed by atoms with E-state index in [1.54, 1.807) is 0 Å². The van der Waals surface area contributed by atoms with Gasteiger partial charge in [-0.05, 0) is 18.9 Å². The Morgan fingerprint density at radius 3 is 2.63 bits per heavy atom. The first-order valence-corrected chi connectivity index (χ1v) is 6.21. The number of amides is 1. The van der Waals surface area contributed by atoms with Crippen LogP contribution in [0.4, 0.5) is 8.78 Å². The fourth-order valence-corrected chi connectivity index (χ4v) is 2.38. The molecule has 3 nitrogen and oxygen atoms in total. The van der Waals surface area contributed by atoms with E-state index in [1.165, 1.54) is 6.07 Å². The molecule has 100 valence electrons. The van der Waals surface area contributed by atoms with Crippen LogP contribution in [0.3, 0.4) is 0 Å². The van der Waals surface area contributed by atoms with Gasteiger partial charge in [-0.15, -0.1) is 0 Å². The lowest BCUT2D eigenvalue weighted by Gasteiger charge is -2.19. The summed E-state index contributed by atoms with van der Waals surface area (Å²) in [5, 5.41) is 11.7. The molecular weight excluding hydrogens is 250 g/mol. The number of benzene rings is 1. The van der Waals surface area contributed by atoms with Crippen molar-refractivity contribution >= 4 is 5.91 Å². The Hall–Kier alpha value is -1.96. The van der Waals surface area contributed by atoms with Crippen molar-refractivity contribution in [3.63, 3.8) is 0 Å². The van der Waals surface area contributed by atoms with Crippen LogP contribution in [0, 0.1) is 28.4 Å². The maximum Gasteiger partial charge on any atom is 0.240 e. The second-order valence-corrected chi connectivity index (χ2v) is 4.82. The third kappa shape index (κ3) is 2.73. The average molecular weight is 264 g/mol. The van der Waals surface area contributed by atoms with Crippen molar-refractivity contribution < 1.29 is 13.6 Å². The van der Waals surface area contributed by atoms with Crippen LogP contribution >= 0.6 is 0 Å². The zero-order valence-electron chi connectivity index (χ0n) is 10.4. The molecule has 0 saturated heterocycles. The van der Waals surface area contributed by atoms with E-state index in [9.17, 15) is 13.6 Å². The summed E-state index contributed by atoms with van der Waals surface area (Å²) in [5.41, 5.74) is -0.767. The number of nitriles is 1. The molecular formula is C14H14F2N2O. The van der Waals surface area contributed by atoms with E-state index >= 15 is 0 Å². The molecule has 1 N–H and O–H groups in total. The largest absolute Gasteiger partial charge is 0.351 e. The van der Waals surface area contributed by atoms with E-state index in [4.69, 9.17) is 5.26 Å². The smallest absolute Gasteiger partial charge is 0.240 e. The van der Waals surface area contributed by atoms with Crippen LogP contribution in [0.25, 0.3) is 0 Å². The van der Waals surface area contributed by atoms with E-state index in [0.29, 0.717) is 12.8 Å². The van der Waals surface area contributed by atoms with Crippen molar-refractivity contribution in [2.45, 2.75) is 32.2 Å². The van der Waals surface area contributed by atoms with Gasteiger partial charge in [-0.2, -0.15) is 5.26 Å². The van der Waals surface area contributed by atoms with Gasteiger partial charge in [0.25, 0.3) is 0 Å². The molecule has 0 atom stereocenters. The molecule has 0 radical (unpaired) electrons. The number of hydrogen-bond acceptors (Lipinski definition) is 2. The Morgan fingerprint density at radius 2 is 2.05 bits per heavy atom. The fourth-order valence-electron chi connectivity index (χ4n) is 2.38. The maximum atomic E-state index is 13.4. The molecule has 0 spiro atoms. The van der Waals surface area contributed by atoms with Gasteiger partial charge in [-0.1, -0.05) is 18.9 Å². The molecule has 1 aromatic carbocycles. The highest BCUT2D eigenvalue weighted by atomic mass is 19.1. The third-order valence-electron chi connectivity index (χ3n) is 3.56. The standard InChI is InChI=1S/C14H14F2N2O/c15-11-4-3-10(12(16)7-11)8-18-13(19)14(9-17)5-1-2-6-14/h3-4,7H,1-2,5-6,8H2,(H,18,19). The Balaban J connectivity index is 2.02. The van der Waals surface area contributed by atoms with Crippen molar-refractivity contribution in [3.8, 4) is 6.07 Å². The van der Waals surface area contributed by atoms with Crippen LogP contribution in [0.1, 0.15) is 31.2 Å². The first kappa shape index (κ1) is 13.5. The van der Waals surface area contributed by atoms with Crippen LogP contribution in [-0.2, 0) is 11.3 Å². The summed E-state index contributed by atoms with van der Waals surface area (Å²) >= 11 is 0. The van der Waals surface area contributed by atoms with Gasteiger partial charge < -0.3 is 5.32 Å². The van der Waals surface area contributed by atoms with E-state index in [1.807, 2.05) is 0 Å². The summed E-state index contributed by atoms with van der Waals surface area (Å²) in [6.45, 7) is -0.0334. The van der Waals surface area contributed by atoms with Crippen LogP contribution < -0.4 is 5.32 Å². The highest BCUT2D eigenvalue weighted by molar-refractivity contribution is 5.85. The van der Waals surface area contributed by atoms with Gasteiger partial charge in [0.1, 0.15) is 17.0 Å². The molecule has 0 unspecified atom stereocenters. The summed E-state index contributed by atoms with van der Waals surface area (Å²) in [6.07, 6.45) is 2.79. The minimum absolute atomic E-state index is 0.0334. The number of rotatable bonds is 3. The van der Waals surface area contributed by atoms with Gasteiger partial charge in [0.2, 0.25) is 5.91 Å². The molecule has 0 aliphatic heterocycles. The molecule has 0 aromatic heterocycles. The molecule has 2 rings (SSSR count). The first-order chi connectivity index (χ1) is 9.07. The second kappa shape index (κ2) is 5.35. The van der Waals surface area contributed by atoms with Crippen molar-refractivity contribution in [1.82, 2.24) is 5.32 Å².